The molecule has 2 aromatic rings. The Morgan fingerprint density at radius 3 is 2.57 bits per heavy atom. The zero-order valence-electron chi connectivity index (χ0n) is 13.6. The molecule has 0 unspecified atom stereocenters. The summed E-state index contributed by atoms with van der Waals surface area (Å²) in [5.74, 6) is -0.366. The van der Waals surface area contributed by atoms with Crippen molar-refractivity contribution in [2.45, 2.75) is 33.2 Å². The van der Waals surface area contributed by atoms with E-state index in [-0.39, 0.29) is 24.4 Å². The Morgan fingerprint density at radius 1 is 1.30 bits per heavy atom. The van der Waals surface area contributed by atoms with Gasteiger partial charge < -0.3 is 10.2 Å². The van der Waals surface area contributed by atoms with Crippen molar-refractivity contribution in [1.29, 1.82) is 0 Å². The fourth-order valence-corrected chi connectivity index (χ4v) is 2.65. The molecule has 0 saturated carbocycles. The fraction of sp³-hybridized carbons (Fsp3) is 0.353. The van der Waals surface area contributed by atoms with Gasteiger partial charge in [0.2, 0.25) is 5.91 Å². The van der Waals surface area contributed by atoms with Gasteiger partial charge in [-0.2, -0.15) is 0 Å². The van der Waals surface area contributed by atoms with Crippen LogP contribution in [0.5, 0.6) is 0 Å². The van der Waals surface area contributed by atoms with Crippen LogP contribution in [-0.2, 0) is 4.79 Å². The van der Waals surface area contributed by atoms with Crippen LogP contribution >= 0.6 is 11.3 Å². The Labute approximate surface area is 140 Å². The molecule has 0 bridgehead atoms. The molecule has 1 N–H and O–H groups in total. The van der Waals surface area contributed by atoms with Gasteiger partial charge in [-0.25, -0.2) is 4.98 Å². The van der Waals surface area contributed by atoms with Crippen LogP contribution in [0, 0.1) is 6.92 Å². The van der Waals surface area contributed by atoms with Gasteiger partial charge in [-0.1, -0.05) is 24.6 Å². The van der Waals surface area contributed by atoms with Crippen molar-refractivity contribution >= 4 is 28.3 Å². The Balaban J connectivity index is 2.11. The normalized spacial score (nSPS) is 11.8. The Hall–Kier alpha value is -2.21. The SMILES string of the molecule is CC[C@@H](C)N(CC(=O)Nc1nccs1)C(=O)c1ccc(C)cc1. The highest BCUT2D eigenvalue weighted by Gasteiger charge is 2.23. The van der Waals surface area contributed by atoms with Crippen LogP contribution in [-0.4, -0.2) is 34.3 Å². The number of amides is 2. The number of thiazole rings is 1. The molecule has 122 valence electrons. The molecule has 1 atom stereocenters. The van der Waals surface area contributed by atoms with Crippen LogP contribution in [0.4, 0.5) is 5.13 Å². The van der Waals surface area contributed by atoms with Crippen molar-refractivity contribution < 1.29 is 9.59 Å². The molecular formula is C17H21N3O2S. The van der Waals surface area contributed by atoms with Crippen LogP contribution in [0.2, 0.25) is 0 Å². The van der Waals surface area contributed by atoms with E-state index in [0.717, 1.165) is 12.0 Å². The quantitative estimate of drug-likeness (QED) is 0.883. The molecule has 2 amide bonds. The van der Waals surface area contributed by atoms with E-state index >= 15 is 0 Å². The summed E-state index contributed by atoms with van der Waals surface area (Å²) in [6, 6.07) is 7.37. The molecule has 23 heavy (non-hydrogen) atoms. The van der Waals surface area contributed by atoms with Crippen molar-refractivity contribution in [2.75, 3.05) is 11.9 Å². The van der Waals surface area contributed by atoms with Crippen molar-refractivity contribution in [1.82, 2.24) is 9.88 Å². The average molecular weight is 331 g/mol. The average Bonchev–Trinajstić information content (AvgIpc) is 3.05. The van der Waals surface area contributed by atoms with E-state index in [2.05, 4.69) is 10.3 Å². The van der Waals surface area contributed by atoms with Gasteiger partial charge in [-0.3, -0.25) is 9.59 Å². The predicted octanol–water partition coefficient (Wildman–Crippen LogP) is 3.33. The molecule has 2 rings (SSSR count). The Morgan fingerprint density at radius 2 is 2.00 bits per heavy atom. The molecule has 0 fully saturated rings. The summed E-state index contributed by atoms with van der Waals surface area (Å²) < 4.78 is 0. The molecule has 0 aliphatic carbocycles. The van der Waals surface area contributed by atoms with Gasteiger partial charge in [0.05, 0.1) is 0 Å². The Kier molecular flexibility index (Phi) is 5.87. The van der Waals surface area contributed by atoms with Gasteiger partial charge >= 0.3 is 0 Å². The number of nitrogens with zero attached hydrogens (tertiary/aromatic N) is 2. The standard InChI is InChI=1S/C17H21N3O2S/c1-4-13(3)20(11-15(21)19-17-18-9-10-23-17)16(22)14-7-5-12(2)6-8-14/h5-10,13H,4,11H2,1-3H3,(H,18,19,21)/t13-/m1/s1. The van der Waals surface area contributed by atoms with E-state index in [0.29, 0.717) is 10.7 Å². The first-order chi connectivity index (χ1) is 11.0. The maximum Gasteiger partial charge on any atom is 0.254 e. The minimum Gasteiger partial charge on any atom is -0.327 e. The number of aryl methyl sites for hydroxylation is 1. The lowest BCUT2D eigenvalue weighted by Gasteiger charge is -2.28. The van der Waals surface area contributed by atoms with Crippen LogP contribution < -0.4 is 5.32 Å². The van der Waals surface area contributed by atoms with Crippen LogP contribution in [0.25, 0.3) is 0 Å². The van der Waals surface area contributed by atoms with Crippen LogP contribution in [0.3, 0.4) is 0 Å². The van der Waals surface area contributed by atoms with Crippen LogP contribution in [0.1, 0.15) is 36.2 Å². The van der Waals surface area contributed by atoms with E-state index in [4.69, 9.17) is 0 Å². The van der Waals surface area contributed by atoms with Gasteiger partial charge in [0, 0.05) is 23.2 Å². The van der Waals surface area contributed by atoms with E-state index in [1.54, 1.807) is 28.6 Å². The summed E-state index contributed by atoms with van der Waals surface area (Å²) in [4.78, 5) is 30.5. The fourth-order valence-electron chi connectivity index (χ4n) is 2.11. The minimum absolute atomic E-state index is 0.0152. The molecule has 0 radical (unpaired) electrons. The summed E-state index contributed by atoms with van der Waals surface area (Å²) in [5.41, 5.74) is 1.69. The summed E-state index contributed by atoms with van der Waals surface area (Å²) in [5, 5.41) is 5.06. The van der Waals surface area contributed by atoms with E-state index < -0.39 is 0 Å². The van der Waals surface area contributed by atoms with Crippen molar-refractivity contribution in [2.24, 2.45) is 0 Å². The van der Waals surface area contributed by atoms with Crippen molar-refractivity contribution in [3.63, 3.8) is 0 Å². The van der Waals surface area contributed by atoms with E-state index in [9.17, 15) is 9.59 Å². The lowest BCUT2D eigenvalue weighted by molar-refractivity contribution is -0.117. The number of nitrogens with one attached hydrogen (secondary N) is 1. The first-order valence-corrected chi connectivity index (χ1v) is 8.46. The summed E-state index contributed by atoms with van der Waals surface area (Å²) in [7, 11) is 0. The molecule has 0 saturated heterocycles. The zero-order chi connectivity index (χ0) is 16.8. The molecule has 1 aromatic heterocycles. The van der Waals surface area contributed by atoms with Gasteiger partial charge in [0.25, 0.3) is 5.91 Å². The highest BCUT2D eigenvalue weighted by atomic mass is 32.1. The number of benzene rings is 1. The number of carbonyl (C=O) groups is 2. The lowest BCUT2D eigenvalue weighted by Crippen LogP contribution is -2.43. The smallest absolute Gasteiger partial charge is 0.254 e. The van der Waals surface area contributed by atoms with Gasteiger partial charge in [0.1, 0.15) is 6.54 Å². The Bertz CT molecular complexity index is 653. The van der Waals surface area contributed by atoms with E-state index in [1.165, 1.54) is 11.3 Å². The van der Waals surface area contributed by atoms with Crippen molar-refractivity contribution in [3.05, 3.63) is 47.0 Å². The maximum atomic E-state index is 12.7. The molecular weight excluding hydrogens is 310 g/mol. The molecule has 1 heterocycles. The zero-order valence-corrected chi connectivity index (χ0v) is 14.4. The second kappa shape index (κ2) is 7.87. The maximum absolute atomic E-state index is 12.7. The first-order valence-electron chi connectivity index (χ1n) is 7.58. The number of anilines is 1. The number of aromatic nitrogens is 1. The van der Waals surface area contributed by atoms with Gasteiger partial charge in [0.15, 0.2) is 5.13 Å². The molecule has 6 heteroatoms. The van der Waals surface area contributed by atoms with Gasteiger partial charge in [-0.15, -0.1) is 11.3 Å². The molecule has 5 nitrogen and oxygen atoms in total. The summed E-state index contributed by atoms with van der Waals surface area (Å²) >= 11 is 1.35. The van der Waals surface area contributed by atoms with E-state index in [1.807, 2.05) is 32.9 Å². The largest absolute Gasteiger partial charge is 0.327 e. The number of carbonyl (C=O) groups excluding carboxylic acids is 2. The molecule has 0 aliphatic rings. The monoisotopic (exact) mass is 331 g/mol. The van der Waals surface area contributed by atoms with Crippen LogP contribution in [0.15, 0.2) is 35.8 Å². The third kappa shape index (κ3) is 4.63. The lowest BCUT2D eigenvalue weighted by atomic mass is 10.1. The molecule has 1 aromatic carbocycles. The summed E-state index contributed by atoms with van der Waals surface area (Å²) in [6.45, 7) is 5.94. The highest BCUT2D eigenvalue weighted by molar-refractivity contribution is 7.13. The minimum atomic E-state index is -0.235. The first kappa shape index (κ1) is 17.1. The molecule has 0 spiro atoms. The summed E-state index contributed by atoms with van der Waals surface area (Å²) in [6.07, 6.45) is 2.41. The number of rotatable bonds is 6. The predicted molar refractivity (Wildman–Crippen MR) is 92.7 cm³/mol. The topological polar surface area (TPSA) is 62.3 Å². The van der Waals surface area contributed by atoms with Crippen molar-refractivity contribution in [3.8, 4) is 0 Å². The molecule has 0 aliphatic heterocycles. The number of hydrogen-bond acceptors (Lipinski definition) is 4. The third-order valence-electron chi connectivity index (χ3n) is 3.67. The second-order valence-electron chi connectivity index (χ2n) is 5.44. The highest BCUT2D eigenvalue weighted by Crippen LogP contribution is 2.14. The number of hydrogen-bond donors (Lipinski definition) is 1. The second-order valence-corrected chi connectivity index (χ2v) is 6.34. The van der Waals surface area contributed by atoms with Gasteiger partial charge in [-0.05, 0) is 32.4 Å². The third-order valence-corrected chi connectivity index (χ3v) is 4.36.